The number of carbonyl (C=O) groups excluding carboxylic acids is 1. The van der Waals surface area contributed by atoms with Crippen molar-refractivity contribution in [3.05, 3.63) is 0 Å². The Morgan fingerprint density at radius 1 is 1.32 bits per heavy atom. The molecular formula is C15H32N2O2. The first-order valence-corrected chi connectivity index (χ1v) is 7.40. The molecule has 114 valence electrons. The average Bonchev–Trinajstić information content (AvgIpc) is 2.37. The molecule has 2 unspecified atom stereocenters. The third-order valence-electron chi connectivity index (χ3n) is 3.76. The second-order valence-electron chi connectivity index (χ2n) is 5.76. The Kier molecular flexibility index (Phi) is 8.26. The SMILES string of the molecule is CCC(C)N(CC)CCC(C)(NC(C)C)C(=O)OC. The largest absolute Gasteiger partial charge is 0.468 e. The van der Waals surface area contributed by atoms with E-state index in [-0.39, 0.29) is 12.0 Å². The summed E-state index contributed by atoms with van der Waals surface area (Å²) in [4.78, 5) is 14.4. The molecule has 0 radical (unpaired) electrons. The molecule has 0 aliphatic rings. The van der Waals surface area contributed by atoms with E-state index in [1.165, 1.54) is 7.11 Å². The van der Waals surface area contributed by atoms with Crippen LogP contribution in [0.2, 0.25) is 0 Å². The van der Waals surface area contributed by atoms with Gasteiger partial charge in [0.1, 0.15) is 5.54 Å². The third kappa shape index (κ3) is 5.91. The van der Waals surface area contributed by atoms with Crippen LogP contribution in [0, 0.1) is 0 Å². The molecule has 0 saturated carbocycles. The van der Waals surface area contributed by atoms with E-state index >= 15 is 0 Å². The number of esters is 1. The highest BCUT2D eigenvalue weighted by Gasteiger charge is 2.35. The van der Waals surface area contributed by atoms with E-state index in [0.29, 0.717) is 6.04 Å². The topological polar surface area (TPSA) is 41.6 Å². The highest BCUT2D eigenvalue weighted by molar-refractivity contribution is 5.80. The summed E-state index contributed by atoms with van der Waals surface area (Å²) in [6.07, 6.45) is 1.89. The van der Waals surface area contributed by atoms with Crippen LogP contribution in [0.1, 0.15) is 54.4 Å². The summed E-state index contributed by atoms with van der Waals surface area (Å²) in [6.45, 7) is 14.5. The van der Waals surface area contributed by atoms with E-state index in [1.807, 2.05) is 20.8 Å². The van der Waals surface area contributed by atoms with Crippen LogP contribution >= 0.6 is 0 Å². The van der Waals surface area contributed by atoms with E-state index in [0.717, 1.165) is 25.9 Å². The molecule has 19 heavy (non-hydrogen) atoms. The zero-order chi connectivity index (χ0) is 15.1. The fourth-order valence-electron chi connectivity index (χ4n) is 2.41. The molecule has 0 bridgehead atoms. The van der Waals surface area contributed by atoms with Crippen LogP contribution in [0.25, 0.3) is 0 Å². The summed E-state index contributed by atoms with van der Waals surface area (Å²) in [5, 5.41) is 3.34. The predicted molar refractivity (Wildman–Crippen MR) is 80.3 cm³/mol. The van der Waals surface area contributed by atoms with Crippen molar-refractivity contribution in [2.45, 2.75) is 72.0 Å². The Balaban J connectivity index is 4.69. The van der Waals surface area contributed by atoms with Crippen molar-refractivity contribution in [2.24, 2.45) is 0 Å². The van der Waals surface area contributed by atoms with Gasteiger partial charge >= 0.3 is 5.97 Å². The number of hydrogen-bond acceptors (Lipinski definition) is 4. The molecule has 0 heterocycles. The highest BCUT2D eigenvalue weighted by atomic mass is 16.5. The number of ether oxygens (including phenoxy) is 1. The molecule has 0 spiro atoms. The van der Waals surface area contributed by atoms with Crippen LogP contribution < -0.4 is 5.32 Å². The van der Waals surface area contributed by atoms with Crippen LogP contribution in [0.3, 0.4) is 0 Å². The highest BCUT2D eigenvalue weighted by Crippen LogP contribution is 2.16. The molecule has 0 aromatic carbocycles. The Morgan fingerprint density at radius 3 is 2.26 bits per heavy atom. The van der Waals surface area contributed by atoms with Gasteiger partial charge in [0.15, 0.2) is 0 Å². The molecule has 4 heteroatoms. The van der Waals surface area contributed by atoms with Crippen LogP contribution in [0.5, 0.6) is 0 Å². The summed E-state index contributed by atoms with van der Waals surface area (Å²) in [7, 11) is 1.45. The van der Waals surface area contributed by atoms with Crippen LogP contribution in [-0.4, -0.2) is 48.7 Å². The van der Waals surface area contributed by atoms with E-state index < -0.39 is 5.54 Å². The lowest BCUT2D eigenvalue weighted by atomic mass is 9.96. The molecule has 0 amide bonds. The minimum atomic E-state index is -0.607. The second kappa shape index (κ2) is 8.54. The number of methoxy groups -OCH3 is 1. The van der Waals surface area contributed by atoms with Gasteiger partial charge in [-0.05, 0) is 47.1 Å². The molecular weight excluding hydrogens is 240 g/mol. The molecule has 0 aliphatic heterocycles. The third-order valence-corrected chi connectivity index (χ3v) is 3.76. The van der Waals surface area contributed by atoms with Gasteiger partial charge in [-0.1, -0.05) is 13.8 Å². The van der Waals surface area contributed by atoms with Crippen molar-refractivity contribution in [1.29, 1.82) is 0 Å². The Bertz CT molecular complexity index is 269. The van der Waals surface area contributed by atoms with Gasteiger partial charge in [0, 0.05) is 18.6 Å². The Labute approximate surface area is 118 Å². The molecule has 4 nitrogen and oxygen atoms in total. The monoisotopic (exact) mass is 272 g/mol. The minimum absolute atomic E-state index is 0.179. The minimum Gasteiger partial charge on any atom is -0.468 e. The molecule has 2 atom stereocenters. The first-order valence-electron chi connectivity index (χ1n) is 7.40. The van der Waals surface area contributed by atoms with Crippen LogP contribution in [0.4, 0.5) is 0 Å². The molecule has 0 rings (SSSR count). The van der Waals surface area contributed by atoms with Gasteiger partial charge in [-0.2, -0.15) is 0 Å². The van der Waals surface area contributed by atoms with Crippen molar-refractivity contribution in [3.63, 3.8) is 0 Å². The van der Waals surface area contributed by atoms with E-state index in [1.54, 1.807) is 0 Å². The number of rotatable bonds is 9. The van der Waals surface area contributed by atoms with Crippen molar-refractivity contribution in [1.82, 2.24) is 10.2 Å². The number of hydrogen-bond donors (Lipinski definition) is 1. The standard InChI is InChI=1S/C15H32N2O2/c1-8-13(5)17(9-2)11-10-15(6,14(18)19-7)16-12(3)4/h12-13,16H,8-11H2,1-7H3. The lowest BCUT2D eigenvalue weighted by Crippen LogP contribution is -2.54. The number of nitrogens with zero attached hydrogens (tertiary/aromatic N) is 1. The summed E-state index contributed by atoms with van der Waals surface area (Å²) in [6, 6.07) is 0.800. The van der Waals surface area contributed by atoms with Gasteiger partial charge in [-0.15, -0.1) is 0 Å². The summed E-state index contributed by atoms with van der Waals surface area (Å²) < 4.78 is 4.95. The number of nitrogens with one attached hydrogen (secondary N) is 1. The van der Waals surface area contributed by atoms with Gasteiger partial charge in [-0.25, -0.2) is 0 Å². The summed E-state index contributed by atoms with van der Waals surface area (Å²) in [5.41, 5.74) is -0.607. The first kappa shape index (κ1) is 18.4. The fraction of sp³-hybridized carbons (Fsp3) is 0.933. The second-order valence-corrected chi connectivity index (χ2v) is 5.76. The molecule has 0 aromatic rings. The first-order chi connectivity index (χ1) is 8.80. The van der Waals surface area contributed by atoms with Gasteiger partial charge in [-0.3, -0.25) is 10.1 Å². The van der Waals surface area contributed by atoms with Gasteiger partial charge in [0.05, 0.1) is 7.11 Å². The number of carbonyl (C=O) groups is 1. The van der Waals surface area contributed by atoms with Gasteiger partial charge < -0.3 is 9.64 Å². The van der Waals surface area contributed by atoms with E-state index in [2.05, 4.69) is 31.0 Å². The summed E-state index contributed by atoms with van der Waals surface area (Å²) in [5.74, 6) is -0.179. The average molecular weight is 272 g/mol. The lowest BCUT2D eigenvalue weighted by molar-refractivity contribution is -0.148. The molecule has 0 saturated heterocycles. The van der Waals surface area contributed by atoms with Crippen molar-refractivity contribution >= 4 is 5.97 Å². The molecule has 0 fully saturated rings. The quantitative estimate of drug-likeness (QED) is 0.655. The molecule has 0 aliphatic carbocycles. The molecule has 1 N–H and O–H groups in total. The smallest absolute Gasteiger partial charge is 0.325 e. The normalized spacial score (nSPS) is 16.5. The zero-order valence-electron chi connectivity index (χ0n) is 13.7. The molecule has 0 aromatic heterocycles. The maximum absolute atomic E-state index is 12.0. The van der Waals surface area contributed by atoms with Crippen LogP contribution in [-0.2, 0) is 9.53 Å². The maximum Gasteiger partial charge on any atom is 0.325 e. The lowest BCUT2D eigenvalue weighted by Gasteiger charge is -2.34. The van der Waals surface area contributed by atoms with Crippen molar-refractivity contribution < 1.29 is 9.53 Å². The van der Waals surface area contributed by atoms with E-state index in [4.69, 9.17) is 4.74 Å². The summed E-state index contributed by atoms with van der Waals surface area (Å²) >= 11 is 0. The predicted octanol–water partition coefficient (Wildman–Crippen LogP) is 2.43. The fourth-order valence-corrected chi connectivity index (χ4v) is 2.41. The van der Waals surface area contributed by atoms with Crippen LogP contribution in [0.15, 0.2) is 0 Å². The van der Waals surface area contributed by atoms with Gasteiger partial charge in [0.2, 0.25) is 0 Å². The van der Waals surface area contributed by atoms with Crippen molar-refractivity contribution in [2.75, 3.05) is 20.2 Å². The maximum atomic E-state index is 12.0. The Hall–Kier alpha value is -0.610. The van der Waals surface area contributed by atoms with E-state index in [9.17, 15) is 4.79 Å². The van der Waals surface area contributed by atoms with Crippen molar-refractivity contribution in [3.8, 4) is 0 Å². The Morgan fingerprint density at radius 2 is 1.89 bits per heavy atom. The zero-order valence-corrected chi connectivity index (χ0v) is 13.7. The van der Waals surface area contributed by atoms with Gasteiger partial charge in [0.25, 0.3) is 0 Å².